The van der Waals surface area contributed by atoms with Gasteiger partial charge in [-0.25, -0.2) is 18.0 Å². The Bertz CT molecular complexity index is 1120. The van der Waals surface area contributed by atoms with Gasteiger partial charge >= 0.3 is 12.0 Å². The van der Waals surface area contributed by atoms with E-state index in [4.69, 9.17) is 9.47 Å². The lowest BCUT2D eigenvalue weighted by Crippen LogP contribution is -2.42. The van der Waals surface area contributed by atoms with Gasteiger partial charge in [0.15, 0.2) is 0 Å². The van der Waals surface area contributed by atoms with Crippen LogP contribution in [-0.2, 0) is 19.6 Å². The molecule has 1 unspecified atom stereocenters. The van der Waals surface area contributed by atoms with Crippen molar-refractivity contribution in [2.75, 3.05) is 26.7 Å². The maximum Gasteiger partial charge on any atom is 0.339 e. The molecule has 0 radical (unpaired) electrons. The first-order chi connectivity index (χ1) is 16.2. The molecule has 184 valence electrons. The Morgan fingerprint density at radius 2 is 1.65 bits per heavy atom. The Morgan fingerprint density at radius 3 is 2.21 bits per heavy atom. The summed E-state index contributed by atoms with van der Waals surface area (Å²) in [4.78, 5) is 37.3. The summed E-state index contributed by atoms with van der Waals surface area (Å²) < 4.78 is 38.0. The summed E-state index contributed by atoms with van der Waals surface area (Å²) >= 11 is 0. The summed E-state index contributed by atoms with van der Waals surface area (Å²) in [6.07, 6.45) is -1.44. The molecule has 34 heavy (non-hydrogen) atoms. The largest absolute Gasteiger partial charge is 0.495 e. The van der Waals surface area contributed by atoms with Gasteiger partial charge in [0.05, 0.1) is 12.7 Å². The molecular formula is C23H29N3O7S. The van der Waals surface area contributed by atoms with E-state index < -0.39 is 34.0 Å². The van der Waals surface area contributed by atoms with E-state index in [1.807, 2.05) is 0 Å². The number of urea groups is 1. The van der Waals surface area contributed by atoms with E-state index in [9.17, 15) is 22.8 Å². The first-order valence-corrected chi connectivity index (χ1v) is 12.2. The number of amides is 3. The molecule has 0 aliphatic carbocycles. The molecule has 0 fully saturated rings. The van der Waals surface area contributed by atoms with E-state index in [0.717, 1.165) is 6.07 Å². The summed E-state index contributed by atoms with van der Waals surface area (Å²) in [5, 5.41) is 4.56. The number of rotatable bonds is 10. The fourth-order valence-electron chi connectivity index (χ4n) is 3.17. The molecule has 10 nitrogen and oxygen atoms in total. The minimum atomic E-state index is -3.95. The number of nitrogens with one attached hydrogen (secondary N) is 2. The molecule has 2 aromatic rings. The summed E-state index contributed by atoms with van der Waals surface area (Å²) in [6, 6.07) is 11.3. The van der Waals surface area contributed by atoms with Crippen molar-refractivity contribution in [2.24, 2.45) is 0 Å². The van der Waals surface area contributed by atoms with Gasteiger partial charge in [-0.1, -0.05) is 44.2 Å². The van der Waals surface area contributed by atoms with Crippen LogP contribution in [-0.4, -0.2) is 57.4 Å². The normalized spacial score (nSPS) is 12.0. The van der Waals surface area contributed by atoms with Crippen molar-refractivity contribution in [1.82, 2.24) is 14.9 Å². The van der Waals surface area contributed by atoms with E-state index >= 15 is 0 Å². The molecule has 0 bridgehead atoms. The smallest absolute Gasteiger partial charge is 0.339 e. The standard InChI is InChI=1S/C23H29N3O7S/c1-5-24-23(29)25-21(27)20(16-11-9-8-10-12-16)33-22(28)17-13-14-18(32-4)19(15-17)34(30,31)26(6-2)7-3/h8-15,20H,5-7H2,1-4H3,(H2,24,25,27,29). The van der Waals surface area contributed by atoms with Crippen LogP contribution in [0.2, 0.25) is 0 Å². The number of hydrogen-bond donors (Lipinski definition) is 2. The van der Waals surface area contributed by atoms with Crippen LogP contribution in [0.1, 0.15) is 42.8 Å². The average Bonchev–Trinajstić information content (AvgIpc) is 2.83. The number of benzene rings is 2. The summed E-state index contributed by atoms with van der Waals surface area (Å²) in [5.74, 6) is -1.73. The highest BCUT2D eigenvalue weighted by molar-refractivity contribution is 7.89. The van der Waals surface area contributed by atoms with E-state index in [1.54, 1.807) is 51.1 Å². The van der Waals surface area contributed by atoms with Gasteiger partial charge in [-0.2, -0.15) is 4.31 Å². The van der Waals surface area contributed by atoms with Crippen molar-refractivity contribution in [3.63, 3.8) is 0 Å². The molecule has 1 atom stereocenters. The Labute approximate surface area is 199 Å². The Morgan fingerprint density at radius 1 is 1.00 bits per heavy atom. The predicted molar refractivity (Wildman–Crippen MR) is 125 cm³/mol. The highest BCUT2D eigenvalue weighted by Gasteiger charge is 2.30. The molecular weight excluding hydrogens is 462 g/mol. The quantitative estimate of drug-likeness (QED) is 0.488. The number of carbonyl (C=O) groups is 3. The lowest BCUT2D eigenvalue weighted by atomic mass is 10.1. The zero-order valence-electron chi connectivity index (χ0n) is 19.5. The first kappa shape index (κ1) is 26.8. The van der Waals surface area contributed by atoms with Gasteiger partial charge < -0.3 is 14.8 Å². The summed E-state index contributed by atoms with van der Waals surface area (Å²) in [7, 11) is -2.63. The maximum absolute atomic E-state index is 13.1. The number of imide groups is 1. The van der Waals surface area contributed by atoms with Gasteiger partial charge in [0.2, 0.25) is 16.1 Å². The van der Waals surface area contributed by atoms with Gasteiger partial charge in [-0.15, -0.1) is 0 Å². The molecule has 0 spiro atoms. The summed E-state index contributed by atoms with van der Waals surface area (Å²) in [6.45, 7) is 5.84. The Hall–Kier alpha value is -3.44. The zero-order chi connectivity index (χ0) is 25.3. The van der Waals surface area contributed by atoms with E-state index in [0.29, 0.717) is 12.1 Å². The molecule has 3 amide bonds. The van der Waals surface area contributed by atoms with Crippen LogP contribution < -0.4 is 15.4 Å². The second-order valence-electron chi connectivity index (χ2n) is 7.00. The minimum absolute atomic E-state index is 0.0667. The lowest BCUT2D eigenvalue weighted by Gasteiger charge is -2.21. The lowest BCUT2D eigenvalue weighted by molar-refractivity contribution is -0.129. The number of carbonyl (C=O) groups excluding carboxylic acids is 3. The van der Waals surface area contributed by atoms with E-state index in [-0.39, 0.29) is 29.3 Å². The first-order valence-electron chi connectivity index (χ1n) is 10.7. The number of sulfonamides is 1. The number of methoxy groups -OCH3 is 1. The molecule has 0 heterocycles. The van der Waals surface area contributed by atoms with Crippen molar-refractivity contribution in [1.29, 1.82) is 0 Å². The predicted octanol–water partition coefficient (Wildman–Crippen LogP) is 2.47. The molecule has 0 saturated heterocycles. The summed E-state index contributed by atoms with van der Waals surface area (Å²) in [5.41, 5.74) is 0.236. The molecule has 2 aromatic carbocycles. The van der Waals surface area contributed by atoms with Gasteiger partial charge in [0.1, 0.15) is 10.6 Å². The van der Waals surface area contributed by atoms with Crippen molar-refractivity contribution in [3.8, 4) is 5.75 Å². The van der Waals surface area contributed by atoms with Crippen molar-refractivity contribution in [2.45, 2.75) is 31.8 Å². The van der Waals surface area contributed by atoms with Crippen LogP contribution in [0.25, 0.3) is 0 Å². The number of hydrogen-bond acceptors (Lipinski definition) is 7. The third-order valence-electron chi connectivity index (χ3n) is 4.86. The maximum atomic E-state index is 13.1. The van der Waals surface area contributed by atoms with Crippen molar-refractivity contribution >= 4 is 27.9 Å². The minimum Gasteiger partial charge on any atom is -0.495 e. The van der Waals surface area contributed by atoms with Gasteiger partial charge in [-0.05, 0) is 25.1 Å². The third kappa shape index (κ3) is 6.33. The fraction of sp³-hybridized carbons (Fsp3) is 0.348. The molecule has 0 saturated carbocycles. The van der Waals surface area contributed by atoms with Crippen LogP contribution >= 0.6 is 0 Å². The van der Waals surface area contributed by atoms with Gasteiger partial charge in [0, 0.05) is 25.2 Å². The molecule has 0 aliphatic rings. The average molecular weight is 492 g/mol. The van der Waals surface area contributed by atoms with E-state index in [2.05, 4.69) is 10.6 Å². The third-order valence-corrected chi connectivity index (χ3v) is 6.93. The number of nitrogens with zero attached hydrogens (tertiary/aromatic N) is 1. The molecule has 11 heteroatoms. The van der Waals surface area contributed by atoms with Gasteiger partial charge in [-0.3, -0.25) is 10.1 Å². The topological polar surface area (TPSA) is 131 Å². The van der Waals surface area contributed by atoms with Gasteiger partial charge in [0.25, 0.3) is 5.91 Å². The van der Waals surface area contributed by atoms with Crippen LogP contribution in [0.3, 0.4) is 0 Å². The molecule has 0 aromatic heterocycles. The molecule has 0 aliphatic heterocycles. The van der Waals surface area contributed by atoms with Crippen molar-refractivity contribution < 1.29 is 32.3 Å². The van der Waals surface area contributed by atoms with Crippen LogP contribution in [0.5, 0.6) is 5.75 Å². The highest BCUT2D eigenvalue weighted by Crippen LogP contribution is 2.29. The second-order valence-corrected chi connectivity index (χ2v) is 8.91. The van der Waals surface area contributed by atoms with E-state index in [1.165, 1.54) is 23.5 Å². The fourth-order valence-corrected chi connectivity index (χ4v) is 4.81. The Kier molecular flexibility index (Phi) is 9.58. The van der Waals surface area contributed by atoms with Crippen molar-refractivity contribution in [3.05, 3.63) is 59.7 Å². The zero-order valence-corrected chi connectivity index (χ0v) is 20.3. The SMILES string of the molecule is CCNC(=O)NC(=O)C(OC(=O)c1ccc(OC)c(S(=O)(=O)N(CC)CC)c1)c1ccccc1. The number of ether oxygens (including phenoxy) is 2. The molecule has 2 N–H and O–H groups in total. The van der Waals surface area contributed by atoms with Crippen LogP contribution in [0, 0.1) is 0 Å². The van der Waals surface area contributed by atoms with Crippen LogP contribution in [0.4, 0.5) is 4.79 Å². The second kappa shape index (κ2) is 12.1. The number of esters is 1. The van der Waals surface area contributed by atoms with Crippen LogP contribution in [0.15, 0.2) is 53.4 Å². The molecule has 2 rings (SSSR count). The Balaban J connectivity index is 2.42. The highest BCUT2D eigenvalue weighted by atomic mass is 32.2. The monoisotopic (exact) mass is 491 g/mol.